The quantitative estimate of drug-likeness (QED) is 0.0387. The molecule has 28 heteroatoms. The van der Waals surface area contributed by atoms with Gasteiger partial charge >= 0.3 is 0 Å². The second-order valence-corrected chi connectivity index (χ2v) is 39.8. The van der Waals surface area contributed by atoms with E-state index in [1.54, 1.807) is 18.7 Å². The number of benzene rings is 8. The van der Waals surface area contributed by atoms with E-state index in [0.717, 1.165) is 22.3 Å². The van der Waals surface area contributed by atoms with E-state index in [9.17, 15) is 19.2 Å². The number of halogens is 4. The molecule has 8 bridgehead atoms. The van der Waals surface area contributed by atoms with E-state index >= 15 is 0 Å². The summed E-state index contributed by atoms with van der Waals surface area (Å²) < 4.78 is 9.15. The zero-order chi connectivity index (χ0) is 89.8. The third kappa shape index (κ3) is 18.5. The van der Waals surface area contributed by atoms with Gasteiger partial charge in [-0.2, -0.15) is 0 Å². The Balaban J connectivity index is 0.829. The van der Waals surface area contributed by atoms with E-state index in [-0.39, 0.29) is 71.5 Å². The molecule has 0 saturated carbocycles. The highest BCUT2D eigenvalue weighted by atomic mass is 127. The van der Waals surface area contributed by atoms with Crippen molar-refractivity contribution in [2.24, 2.45) is 0 Å². The number of carbonyl (C=O) groups is 4. The number of para-hydroxylation sites is 4. The van der Waals surface area contributed by atoms with Crippen molar-refractivity contribution in [1.82, 2.24) is 79.9 Å². The first-order valence-electron chi connectivity index (χ1n) is 41.8. The molecule has 17 rings (SSSR count). The second kappa shape index (κ2) is 35.7. The van der Waals surface area contributed by atoms with Gasteiger partial charge in [0.25, 0.3) is 0 Å². The van der Waals surface area contributed by atoms with Crippen LogP contribution in [0, 0.1) is 14.8 Å². The number of H-pyrrole nitrogens is 2. The third-order valence-corrected chi connectivity index (χ3v) is 26.9. The molecule has 24 nitrogen and oxygen atoms in total. The number of nitrogens with zero attached hydrogens (tertiary/aromatic N) is 14. The van der Waals surface area contributed by atoms with Crippen molar-refractivity contribution in [3.8, 4) is 89.5 Å². The summed E-state index contributed by atoms with van der Waals surface area (Å²) >= 11 is 8.83. The summed E-state index contributed by atoms with van der Waals surface area (Å²) in [5.74, 6) is -1.44. The van der Waals surface area contributed by atoms with Gasteiger partial charge in [-0.05, 0) is 207 Å². The van der Waals surface area contributed by atoms with Gasteiger partial charge in [0.05, 0.1) is 22.8 Å². The average molecular weight is 2140 g/mol. The van der Waals surface area contributed by atoms with Gasteiger partial charge in [-0.25, -0.2) is 28.7 Å². The number of nitrogens with one attached hydrogen (secondary N) is 6. The van der Waals surface area contributed by atoms with Crippen molar-refractivity contribution in [3.63, 3.8) is 0 Å². The predicted octanol–water partition coefficient (Wildman–Crippen LogP) is 22.5. The second-order valence-electron chi connectivity index (χ2n) is 35.7. The van der Waals surface area contributed by atoms with Crippen LogP contribution in [-0.4, -0.2) is 104 Å². The molecule has 2 aliphatic rings. The molecule has 0 atom stereocenters. The van der Waals surface area contributed by atoms with Gasteiger partial charge in [-0.3, -0.25) is 19.2 Å². The molecule has 0 aliphatic carbocycles. The summed E-state index contributed by atoms with van der Waals surface area (Å²) in [5, 5.41) is 49.5. The summed E-state index contributed by atoms with van der Waals surface area (Å²) in [7, 11) is 0. The Labute approximate surface area is 794 Å². The van der Waals surface area contributed by atoms with Gasteiger partial charge in [0.2, 0.25) is 23.6 Å². The normalized spacial score (nSPS) is 12.2. The molecule has 6 N–H and O–H groups in total. The maximum absolute atomic E-state index is 14.9. The van der Waals surface area contributed by atoms with Gasteiger partial charge in [-0.15, -0.1) is 20.4 Å². The SMILES string of the molecule is CC(C)(C)c1ccc(-c2nnn(CC(=O)Nc3ccccc3-c3c4nc(c(-c5ccccc5NC(=O)Cn5nnc(-c6ccc(C(C)(C)C)cc6)c5I)c5ccc([nH]5)c(-c5ccccc5NC(=O)Cn5nnc(-c6ccc(C(C)(C)C)cc6)c5I)c5nc(c(-c6ccccc6NC(=O)Cn6nnc(-c7ccc(C(C)(C)C)cc7)c6I)c6ccc3[nH]6)C=C5)C=C4)c2I)cc1. The predicted molar refractivity (Wildman–Crippen MR) is 543 cm³/mol. The van der Waals surface area contributed by atoms with Crippen LogP contribution < -0.4 is 21.3 Å². The molecular weight excluding hydrogens is 2050 g/mol. The first-order valence-corrected chi connectivity index (χ1v) is 46.1. The molecule has 2 aliphatic heterocycles. The van der Waals surface area contributed by atoms with Gasteiger partial charge < -0.3 is 31.2 Å². The van der Waals surface area contributed by atoms with Crippen LogP contribution in [0.5, 0.6) is 0 Å². The Hall–Kier alpha value is -12.3. The summed E-state index contributed by atoms with van der Waals surface area (Å²) in [6.07, 6.45) is 7.80. The van der Waals surface area contributed by atoms with Crippen LogP contribution in [-0.2, 0) is 67.0 Å². The van der Waals surface area contributed by atoms with Gasteiger partial charge in [0.15, 0.2) is 0 Å². The molecule has 0 unspecified atom stereocenters. The molecule has 9 heterocycles. The van der Waals surface area contributed by atoms with Crippen molar-refractivity contribution in [1.29, 1.82) is 0 Å². The third-order valence-electron chi connectivity index (χ3n) is 22.6. The van der Waals surface area contributed by atoms with E-state index in [4.69, 9.17) is 9.97 Å². The number of aromatic amines is 2. The monoisotopic (exact) mass is 2140 g/mol. The molecule has 642 valence electrons. The average Bonchev–Trinajstić information content (AvgIpc) is 1.60. The van der Waals surface area contributed by atoms with Crippen LogP contribution in [0.2, 0.25) is 0 Å². The van der Waals surface area contributed by atoms with Crippen molar-refractivity contribution >= 4 is 183 Å². The standard InChI is InChI=1S/C100H90I4N20O4/c1-97(2,3)61-37-29-57(30-38-61)89-93(101)121(117-113-89)53-81(125)109-69-25-17-13-21-65(69)85-73-45-47-75(105-73)86(66-22-14-18-26-70(66)110-82(126)54-122-94(102)90(114-118-122)58-31-39-62(40-32-58)98(4,5)6)77-49-51-79(107-77)88(68-24-16-20-28-72(68)112-84(128)56-124-96(104)92(116-120-124)60-35-43-64(44-36-60)100(10,11)12)80-52-50-78(108-80)87(76-48-46-74(85)106-76)67-23-15-19-27-71(67)111-83(127)55-123-95(103)91(115-119-123)59-33-41-63(42-34-59)99(7,8)9/h13-52,105,108H,53-56H2,1-12H3,(H,109,125)(H,110,126)(H,111,127)(H,112,128). The van der Waals surface area contributed by atoms with Crippen LogP contribution >= 0.6 is 90.4 Å². The summed E-state index contributed by atoms with van der Waals surface area (Å²) in [6, 6.07) is 71.4. The molecular formula is C100H90I4N20O4. The minimum Gasteiger partial charge on any atom is -0.354 e. The van der Waals surface area contributed by atoms with Crippen molar-refractivity contribution < 1.29 is 19.2 Å². The Bertz CT molecular complexity index is 6290. The van der Waals surface area contributed by atoms with Crippen LogP contribution in [0.15, 0.2) is 218 Å². The number of carbonyl (C=O) groups excluding carboxylic acids is 4. The van der Waals surface area contributed by atoms with Gasteiger partial charge in [0, 0.05) is 112 Å². The van der Waals surface area contributed by atoms with Gasteiger partial charge in [-0.1, -0.05) is 274 Å². The van der Waals surface area contributed by atoms with Crippen molar-refractivity contribution in [2.75, 3.05) is 21.3 Å². The summed E-state index contributed by atoms with van der Waals surface area (Å²) in [5.41, 5.74) is 21.8. The molecule has 7 aromatic heterocycles. The van der Waals surface area contributed by atoms with E-state index in [1.165, 1.54) is 22.3 Å². The van der Waals surface area contributed by atoms with Crippen LogP contribution in [0.25, 0.3) is 136 Å². The minimum absolute atomic E-state index is 0.0518. The molecule has 4 amide bonds. The molecule has 128 heavy (non-hydrogen) atoms. The van der Waals surface area contributed by atoms with E-state index in [1.807, 2.05) is 194 Å². The fourth-order valence-corrected chi connectivity index (χ4v) is 18.5. The lowest BCUT2D eigenvalue weighted by atomic mass is 9.86. The lowest BCUT2D eigenvalue weighted by molar-refractivity contribution is -0.117. The number of aromatic nitrogens is 16. The lowest BCUT2D eigenvalue weighted by Crippen LogP contribution is -2.21. The highest BCUT2D eigenvalue weighted by Crippen LogP contribution is 2.45. The van der Waals surface area contributed by atoms with Gasteiger partial charge in [0.1, 0.15) is 63.8 Å². The first-order chi connectivity index (χ1) is 61.2. The maximum Gasteiger partial charge on any atom is 0.246 e. The smallest absolute Gasteiger partial charge is 0.246 e. The van der Waals surface area contributed by atoms with Crippen LogP contribution in [0.4, 0.5) is 22.7 Å². The number of rotatable bonds is 20. The Morgan fingerprint density at radius 3 is 0.672 bits per heavy atom. The molecule has 8 aromatic carbocycles. The number of hydrogen-bond acceptors (Lipinski definition) is 14. The molecule has 0 spiro atoms. The fourth-order valence-electron chi connectivity index (χ4n) is 15.7. The number of anilines is 4. The first kappa shape index (κ1) is 87.8. The largest absolute Gasteiger partial charge is 0.354 e. The Kier molecular flexibility index (Phi) is 24.5. The van der Waals surface area contributed by atoms with Crippen LogP contribution in [0.1, 0.15) is 128 Å². The van der Waals surface area contributed by atoms with E-state index in [0.29, 0.717) is 150 Å². The number of fused-ring (bicyclic) bond motifs is 8. The summed E-state index contributed by atoms with van der Waals surface area (Å²) in [6.45, 7) is 25.4. The lowest BCUT2D eigenvalue weighted by Gasteiger charge is -2.18. The Morgan fingerprint density at radius 1 is 0.281 bits per heavy atom. The van der Waals surface area contributed by atoms with E-state index < -0.39 is 0 Å². The summed E-state index contributed by atoms with van der Waals surface area (Å²) in [4.78, 5) is 78.7. The fraction of sp³-hybridized carbons (Fsp3) is 0.200. The zero-order valence-corrected chi connectivity index (χ0v) is 81.0. The minimum atomic E-state index is -0.360. The van der Waals surface area contributed by atoms with Crippen molar-refractivity contribution in [2.45, 2.75) is 131 Å². The molecule has 0 radical (unpaired) electrons. The Morgan fingerprint density at radius 2 is 0.477 bits per heavy atom. The molecule has 0 saturated heterocycles. The maximum atomic E-state index is 14.9. The molecule has 15 aromatic rings. The molecule has 0 fully saturated rings. The topological polar surface area (TPSA) is 297 Å². The highest BCUT2D eigenvalue weighted by Gasteiger charge is 2.29. The van der Waals surface area contributed by atoms with Crippen LogP contribution in [0.3, 0.4) is 0 Å². The number of hydrogen-bond donors (Lipinski definition) is 6. The number of amides is 4. The zero-order valence-electron chi connectivity index (χ0n) is 72.3. The van der Waals surface area contributed by atoms with Crippen molar-refractivity contribution in [3.05, 3.63) is 278 Å². The highest BCUT2D eigenvalue weighted by molar-refractivity contribution is 14.1. The van der Waals surface area contributed by atoms with E-state index in [2.05, 4.69) is 294 Å².